The summed E-state index contributed by atoms with van der Waals surface area (Å²) in [5.74, 6) is 1.32. The molecule has 0 atom stereocenters. The second-order valence-corrected chi connectivity index (χ2v) is 6.45. The van der Waals surface area contributed by atoms with E-state index in [1.54, 1.807) is 31.8 Å². The van der Waals surface area contributed by atoms with E-state index in [4.69, 9.17) is 9.47 Å². The molecule has 0 saturated heterocycles. The van der Waals surface area contributed by atoms with Crippen molar-refractivity contribution >= 4 is 22.7 Å². The molecule has 3 aromatic rings. The minimum Gasteiger partial charge on any atom is -0.493 e. The molecular weight excluding hydrogens is 334 g/mol. The number of methoxy groups -OCH3 is 2. The molecule has 1 N–H and O–H groups in total. The molecule has 0 bridgehead atoms. The Morgan fingerprint density at radius 2 is 1.84 bits per heavy atom. The zero-order valence-corrected chi connectivity index (χ0v) is 15.1. The van der Waals surface area contributed by atoms with Crippen molar-refractivity contribution in [1.82, 2.24) is 4.98 Å². The number of thiazole rings is 1. The number of anilines is 1. The molecule has 0 amide bonds. The second kappa shape index (κ2) is 7.81. The number of aryl methyl sites for hydroxylation is 1. The Balaban J connectivity index is 1.78. The van der Waals surface area contributed by atoms with Crippen molar-refractivity contribution in [3.8, 4) is 22.8 Å². The predicted octanol–water partition coefficient (Wildman–Crippen LogP) is 4.58. The van der Waals surface area contributed by atoms with Crippen molar-refractivity contribution in [1.29, 1.82) is 0 Å². The van der Waals surface area contributed by atoms with Gasteiger partial charge in [-0.2, -0.15) is 5.10 Å². The lowest BCUT2D eigenvalue weighted by atomic mass is 10.1. The molecule has 0 aliphatic rings. The van der Waals surface area contributed by atoms with Crippen molar-refractivity contribution in [2.45, 2.75) is 6.92 Å². The molecule has 0 saturated carbocycles. The summed E-state index contributed by atoms with van der Waals surface area (Å²) >= 11 is 1.57. The molecule has 0 aliphatic heterocycles. The summed E-state index contributed by atoms with van der Waals surface area (Å²) in [4.78, 5) is 5.77. The first-order chi connectivity index (χ1) is 12.2. The number of nitrogens with one attached hydrogen (secondary N) is 1. The topological polar surface area (TPSA) is 55.7 Å². The highest BCUT2D eigenvalue weighted by molar-refractivity contribution is 7.15. The van der Waals surface area contributed by atoms with Gasteiger partial charge in [0.15, 0.2) is 11.5 Å². The van der Waals surface area contributed by atoms with Crippen LogP contribution in [0.2, 0.25) is 0 Å². The number of hydrogen-bond donors (Lipinski definition) is 1. The van der Waals surface area contributed by atoms with Crippen molar-refractivity contribution in [2.24, 2.45) is 5.10 Å². The first kappa shape index (κ1) is 17.0. The van der Waals surface area contributed by atoms with Gasteiger partial charge in [-0.3, -0.25) is 5.43 Å². The van der Waals surface area contributed by atoms with Crippen LogP contribution in [0.3, 0.4) is 0 Å². The van der Waals surface area contributed by atoms with Gasteiger partial charge in [0.25, 0.3) is 0 Å². The molecule has 0 aliphatic carbocycles. The van der Waals surface area contributed by atoms with Gasteiger partial charge in [-0.25, -0.2) is 4.98 Å². The maximum absolute atomic E-state index is 5.39. The number of hydrogen-bond acceptors (Lipinski definition) is 6. The van der Waals surface area contributed by atoms with Crippen LogP contribution in [0.25, 0.3) is 11.3 Å². The van der Waals surface area contributed by atoms with Crippen LogP contribution < -0.4 is 14.9 Å². The van der Waals surface area contributed by atoms with Crippen LogP contribution in [0.15, 0.2) is 53.6 Å². The van der Waals surface area contributed by atoms with E-state index in [2.05, 4.69) is 34.6 Å². The summed E-state index contributed by atoms with van der Waals surface area (Å²) in [6.45, 7) is 2.06. The van der Waals surface area contributed by atoms with Gasteiger partial charge in [-0.15, -0.1) is 11.3 Å². The molecule has 0 spiro atoms. The Morgan fingerprint density at radius 1 is 1.04 bits per heavy atom. The summed E-state index contributed by atoms with van der Waals surface area (Å²) in [5, 5.41) is 5.03. The van der Waals surface area contributed by atoms with E-state index in [1.165, 1.54) is 0 Å². The zero-order chi connectivity index (χ0) is 17.6. The largest absolute Gasteiger partial charge is 0.493 e. The van der Waals surface area contributed by atoms with Gasteiger partial charge in [0.05, 0.1) is 26.1 Å². The summed E-state index contributed by atoms with van der Waals surface area (Å²) in [6.07, 6.45) is 1.69. The number of benzene rings is 2. The standard InChI is InChI=1S/C19H19N3O2S/c1-13-17(14-8-5-4-6-9-14)21-19(25-13)22-20-12-15-10-7-11-16(23-2)18(15)24-3/h4-12H,1-3H3,(H,21,22). The lowest BCUT2D eigenvalue weighted by Crippen LogP contribution is -1.96. The maximum Gasteiger partial charge on any atom is 0.204 e. The molecule has 5 nitrogen and oxygen atoms in total. The average molecular weight is 353 g/mol. The normalized spacial score (nSPS) is 10.8. The summed E-state index contributed by atoms with van der Waals surface area (Å²) in [5.41, 5.74) is 5.89. The number of para-hydroxylation sites is 1. The van der Waals surface area contributed by atoms with Gasteiger partial charge < -0.3 is 9.47 Å². The van der Waals surface area contributed by atoms with Gasteiger partial charge in [0, 0.05) is 16.0 Å². The van der Waals surface area contributed by atoms with Gasteiger partial charge in [0.2, 0.25) is 5.13 Å². The highest BCUT2D eigenvalue weighted by Gasteiger charge is 2.10. The number of nitrogens with zero attached hydrogens (tertiary/aromatic N) is 2. The third-order valence-electron chi connectivity index (χ3n) is 3.64. The molecule has 6 heteroatoms. The van der Waals surface area contributed by atoms with E-state index in [0.717, 1.165) is 26.8 Å². The van der Waals surface area contributed by atoms with E-state index in [0.29, 0.717) is 11.5 Å². The van der Waals surface area contributed by atoms with Gasteiger partial charge >= 0.3 is 0 Å². The van der Waals surface area contributed by atoms with E-state index in [1.807, 2.05) is 36.4 Å². The molecule has 2 aromatic carbocycles. The Morgan fingerprint density at radius 3 is 2.56 bits per heavy atom. The second-order valence-electron chi connectivity index (χ2n) is 5.24. The highest BCUT2D eigenvalue weighted by atomic mass is 32.1. The molecule has 128 valence electrons. The van der Waals surface area contributed by atoms with Crippen LogP contribution in [-0.4, -0.2) is 25.4 Å². The van der Waals surface area contributed by atoms with Crippen LogP contribution in [0.1, 0.15) is 10.4 Å². The fraction of sp³-hybridized carbons (Fsp3) is 0.158. The fourth-order valence-corrected chi connectivity index (χ4v) is 3.26. The Hall–Kier alpha value is -2.86. The third kappa shape index (κ3) is 3.80. The summed E-state index contributed by atoms with van der Waals surface area (Å²) in [7, 11) is 3.22. The first-order valence-corrected chi connectivity index (χ1v) is 8.57. The third-order valence-corrected chi connectivity index (χ3v) is 4.52. The van der Waals surface area contributed by atoms with E-state index in [9.17, 15) is 0 Å². The number of hydrazone groups is 1. The van der Waals surface area contributed by atoms with E-state index < -0.39 is 0 Å². The Labute approximate surface area is 151 Å². The fourth-order valence-electron chi connectivity index (χ4n) is 2.48. The monoisotopic (exact) mass is 353 g/mol. The highest BCUT2D eigenvalue weighted by Crippen LogP contribution is 2.31. The summed E-state index contributed by atoms with van der Waals surface area (Å²) < 4.78 is 10.7. The molecule has 1 heterocycles. The minimum atomic E-state index is 0.649. The lowest BCUT2D eigenvalue weighted by Gasteiger charge is -2.09. The molecule has 0 unspecified atom stereocenters. The average Bonchev–Trinajstić information content (AvgIpc) is 3.02. The number of aromatic nitrogens is 1. The molecule has 25 heavy (non-hydrogen) atoms. The Bertz CT molecular complexity index is 876. The van der Waals surface area contributed by atoms with Crippen LogP contribution in [0.4, 0.5) is 5.13 Å². The smallest absolute Gasteiger partial charge is 0.204 e. The molecule has 0 radical (unpaired) electrons. The van der Waals surface area contributed by atoms with Crippen LogP contribution in [0.5, 0.6) is 11.5 Å². The van der Waals surface area contributed by atoms with Gasteiger partial charge in [-0.05, 0) is 19.1 Å². The van der Waals surface area contributed by atoms with Gasteiger partial charge in [0.1, 0.15) is 0 Å². The van der Waals surface area contributed by atoms with Crippen LogP contribution in [-0.2, 0) is 0 Å². The van der Waals surface area contributed by atoms with Crippen molar-refractivity contribution in [2.75, 3.05) is 19.6 Å². The minimum absolute atomic E-state index is 0.649. The van der Waals surface area contributed by atoms with Crippen LogP contribution >= 0.6 is 11.3 Å². The lowest BCUT2D eigenvalue weighted by molar-refractivity contribution is 0.354. The maximum atomic E-state index is 5.39. The molecule has 0 fully saturated rings. The number of rotatable bonds is 6. The quantitative estimate of drug-likeness (QED) is 0.520. The van der Waals surface area contributed by atoms with Gasteiger partial charge in [-0.1, -0.05) is 36.4 Å². The van der Waals surface area contributed by atoms with Crippen molar-refractivity contribution in [3.05, 3.63) is 59.0 Å². The molecular formula is C19H19N3O2S. The summed E-state index contributed by atoms with van der Waals surface area (Å²) in [6, 6.07) is 15.8. The first-order valence-electron chi connectivity index (χ1n) is 7.76. The SMILES string of the molecule is COc1cccc(C=NNc2nc(-c3ccccc3)c(C)s2)c1OC. The Kier molecular flexibility index (Phi) is 5.30. The number of ether oxygens (including phenoxy) is 2. The zero-order valence-electron chi connectivity index (χ0n) is 14.3. The molecule has 3 rings (SSSR count). The van der Waals surface area contributed by atoms with Crippen molar-refractivity contribution in [3.63, 3.8) is 0 Å². The predicted molar refractivity (Wildman–Crippen MR) is 103 cm³/mol. The van der Waals surface area contributed by atoms with E-state index >= 15 is 0 Å². The van der Waals surface area contributed by atoms with Crippen molar-refractivity contribution < 1.29 is 9.47 Å². The molecule has 1 aromatic heterocycles. The van der Waals surface area contributed by atoms with Crippen LogP contribution in [0, 0.1) is 6.92 Å². The van der Waals surface area contributed by atoms with E-state index in [-0.39, 0.29) is 0 Å².